The summed E-state index contributed by atoms with van der Waals surface area (Å²) in [5.74, 6) is -1.01. The number of sulfone groups is 1. The van der Waals surface area contributed by atoms with Gasteiger partial charge in [-0.1, -0.05) is 0 Å². The minimum Gasteiger partial charge on any atom is -0.875 e. The van der Waals surface area contributed by atoms with Crippen LogP contribution in [-0.4, -0.2) is 20.4 Å². The Hall–Kier alpha value is -0.510. The first-order valence-electron chi connectivity index (χ1n) is 1.94. The van der Waals surface area contributed by atoms with Crippen molar-refractivity contribution in [1.82, 2.24) is 0 Å². The highest BCUT2D eigenvalue weighted by Gasteiger charge is 1.96. The number of rotatable bonds is 2. The third-order valence-electron chi connectivity index (χ3n) is 0.423. The van der Waals surface area contributed by atoms with Crippen molar-refractivity contribution < 1.29 is 13.5 Å². The highest BCUT2D eigenvalue weighted by atomic mass is 32.2. The Morgan fingerprint density at radius 1 is 1.75 bits per heavy atom. The molecule has 48 valence electrons. The molecule has 0 amide bonds. The molecule has 0 heterocycles. The molecule has 0 atom stereocenters. The Bertz CT molecular complexity index is 177. The molecule has 0 fully saturated rings. The van der Waals surface area contributed by atoms with Gasteiger partial charge in [0.15, 0.2) is 0 Å². The van der Waals surface area contributed by atoms with E-state index >= 15 is 0 Å². The molecule has 0 aromatic heterocycles. The minimum absolute atomic E-state index is 0.451. The van der Waals surface area contributed by atoms with E-state index < -0.39 is 21.3 Å². The molecular weight excluding hydrogens is 128 g/mol. The predicted molar refractivity (Wildman–Crippen MR) is 28.9 cm³/mol. The first-order valence-corrected chi connectivity index (χ1v) is 4.00. The molecule has 0 unspecified atom stereocenters. The van der Waals surface area contributed by atoms with Crippen molar-refractivity contribution in [3.05, 3.63) is 12.3 Å². The van der Waals surface area contributed by atoms with E-state index in [1.54, 1.807) is 0 Å². The SMILES string of the molecule is C=C([O-])CS(C)(=O)=O. The van der Waals surface area contributed by atoms with Gasteiger partial charge in [0, 0.05) is 6.26 Å². The topological polar surface area (TPSA) is 57.2 Å². The molecule has 0 N–H and O–H groups in total. The Morgan fingerprint density at radius 3 is 2.12 bits per heavy atom. The molecule has 0 aromatic carbocycles. The van der Waals surface area contributed by atoms with Crippen LogP contribution in [0.3, 0.4) is 0 Å². The molecule has 0 radical (unpaired) electrons. The molecule has 8 heavy (non-hydrogen) atoms. The summed E-state index contributed by atoms with van der Waals surface area (Å²) in [5.41, 5.74) is 0. The maximum atomic E-state index is 10.2. The molecule has 0 spiro atoms. The minimum atomic E-state index is -3.14. The van der Waals surface area contributed by atoms with Crippen molar-refractivity contribution >= 4 is 9.84 Å². The van der Waals surface area contributed by atoms with Gasteiger partial charge in [-0.2, -0.15) is 0 Å². The fraction of sp³-hybridized carbons (Fsp3) is 0.500. The molecule has 3 nitrogen and oxygen atoms in total. The average Bonchev–Trinajstić information content (AvgIpc) is 1.21. The zero-order valence-electron chi connectivity index (χ0n) is 4.55. The van der Waals surface area contributed by atoms with Crippen molar-refractivity contribution in [2.24, 2.45) is 0 Å². The Kier molecular flexibility index (Phi) is 2.03. The largest absolute Gasteiger partial charge is 0.875 e. The zero-order chi connectivity index (χ0) is 6.78. The third-order valence-corrected chi connectivity index (χ3v) is 1.27. The van der Waals surface area contributed by atoms with Crippen LogP contribution < -0.4 is 5.11 Å². The second kappa shape index (κ2) is 2.17. The van der Waals surface area contributed by atoms with E-state index in [1.807, 2.05) is 0 Å². The highest BCUT2D eigenvalue weighted by Crippen LogP contribution is 1.85. The highest BCUT2D eigenvalue weighted by molar-refractivity contribution is 7.90. The third kappa shape index (κ3) is 5.49. The Labute approximate surface area is 48.6 Å². The van der Waals surface area contributed by atoms with E-state index in [2.05, 4.69) is 6.58 Å². The lowest BCUT2D eigenvalue weighted by Gasteiger charge is -2.04. The van der Waals surface area contributed by atoms with Crippen LogP contribution in [0, 0.1) is 0 Å². The molecule has 0 aliphatic carbocycles. The fourth-order valence-electron chi connectivity index (χ4n) is 0.292. The van der Waals surface area contributed by atoms with Crippen molar-refractivity contribution in [1.29, 1.82) is 0 Å². The van der Waals surface area contributed by atoms with Gasteiger partial charge in [0.2, 0.25) is 0 Å². The predicted octanol–water partition coefficient (Wildman–Crippen LogP) is -1.09. The molecule has 0 saturated carbocycles. The van der Waals surface area contributed by atoms with Gasteiger partial charge in [-0.3, -0.25) is 0 Å². The summed E-state index contributed by atoms with van der Waals surface area (Å²) < 4.78 is 20.4. The first kappa shape index (κ1) is 7.49. The van der Waals surface area contributed by atoms with Crippen LogP contribution in [0.15, 0.2) is 12.3 Å². The van der Waals surface area contributed by atoms with E-state index in [9.17, 15) is 13.5 Å². The monoisotopic (exact) mass is 135 g/mol. The lowest BCUT2D eigenvalue weighted by molar-refractivity contribution is -0.299. The van der Waals surface area contributed by atoms with Gasteiger partial charge >= 0.3 is 0 Å². The molecule has 4 heteroatoms. The lowest BCUT2D eigenvalue weighted by Crippen LogP contribution is -2.13. The van der Waals surface area contributed by atoms with Crippen molar-refractivity contribution in [3.8, 4) is 0 Å². The van der Waals surface area contributed by atoms with Gasteiger partial charge in [0.1, 0.15) is 9.84 Å². The molecule has 0 aliphatic heterocycles. The van der Waals surface area contributed by atoms with Gasteiger partial charge < -0.3 is 5.11 Å². The van der Waals surface area contributed by atoms with Crippen LogP contribution in [0.2, 0.25) is 0 Å². The average molecular weight is 135 g/mol. The fourth-order valence-corrected chi connectivity index (χ4v) is 0.877. The molecule has 0 bridgehead atoms. The van der Waals surface area contributed by atoms with E-state index in [-0.39, 0.29) is 0 Å². The van der Waals surface area contributed by atoms with Crippen LogP contribution >= 0.6 is 0 Å². The smallest absolute Gasteiger partial charge is 0.150 e. The molecular formula is C4H7O3S-. The molecule has 0 aliphatic rings. The summed E-state index contributed by atoms with van der Waals surface area (Å²) in [6.45, 7) is 2.91. The zero-order valence-corrected chi connectivity index (χ0v) is 5.36. The van der Waals surface area contributed by atoms with Crippen LogP contribution in [0.1, 0.15) is 0 Å². The second-order valence-electron chi connectivity index (χ2n) is 1.61. The summed E-state index contributed by atoms with van der Waals surface area (Å²) in [6, 6.07) is 0. The van der Waals surface area contributed by atoms with Gasteiger partial charge in [0.05, 0.1) is 5.75 Å². The van der Waals surface area contributed by atoms with Crippen molar-refractivity contribution in [2.75, 3.05) is 12.0 Å². The van der Waals surface area contributed by atoms with Gasteiger partial charge in [-0.05, 0) is 0 Å². The van der Waals surface area contributed by atoms with Crippen LogP contribution in [0.4, 0.5) is 0 Å². The van der Waals surface area contributed by atoms with Gasteiger partial charge in [-0.15, -0.1) is 12.3 Å². The van der Waals surface area contributed by atoms with E-state index in [1.165, 1.54) is 0 Å². The van der Waals surface area contributed by atoms with Gasteiger partial charge in [0.25, 0.3) is 0 Å². The maximum Gasteiger partial charge on any atom is 0.150 e. The summed E-state index contributed by atoms with van der Waals surface area (Å²) in [6.07, 6.45) is 0.996. The lowest BCUT2D eigenvalue weighted by atomic mass is 10.7. The summed E-state index contributed by atoms with van der Waals surface area (Å²) >= 11 is 0. The van der Waals surface area contributed by atoms with Crippen LogP contribution in [-0.2, 0) is 9.84 Å². The van der Waals surface area contributed by atoms with Gasteiger partial charge in [-0.25, -0.2) is 8.42 Å². The summed E-state index contributed by atoms with van der Waals surface area (Å²) in [4.78, 5) is 0. The molecule has 0 saturated heterocycles. The van der Waals surface area contributed by atoms with Crippen molar-refractivity contribution in [3.63, 3.8) is 0 Å². The molecule has 0 rings (SSSR count). The number of hydrogen-bond acceptors (Lipinski definition) is 3. The van der Waals surface area contributed by atoms with E-state index in [0.717, 1.165) is 6.26 Å². The summed E-state index contributed by atoms with van der Waals surface area (Å²) in [5, 5.41) is 9.97. The maximum absolute atomic E-state index is 10.2. The second-order valence-corrected chi connectivity index (χ2v) is 3.75. The van der Waals surface area contributed by atoms with E-state index in [4.69, 9.17) is 0 Å². The summed E-state index contributed by atoms with van der Waals surface area (Å²) in [7, 11) is -3.14. The van der Waals surface area contributed by atoms with E-state index in [0.29, 0.717) is 0 Å². The number of hydrogen-bond donors (Lipinski definition) is 0. The molecule has 0 aromatic rings. The standard InChI is InChI=1S/C4H8O3S/c1-4(5)3-8(2,6)7/h5H,1,3H2,2H3/p-1. The quantitative estimate of drug-likeness (QED) is 0.452. The van der Waals surface area contributed by atoms with Crippen LogP contribution in [0.25, 0.3) is 0 Å². The normalized spacial score (nSPS) is 11.1. The Balaban J connectivity index is 3.95. The first-order chi connectivity index (χ1) is 3.42. The Morgan fingerprint density at radius 2 is 2.12 bits per heavy atom. The van der Waals surface area contributed by atoms with Crippen molar-refractivity contribution in [2.45, 2.75) is 0 Å². The van der Waals surface area contributed by atoms with Crippen LogP contribution in [0.5, 0.6) is 0 Å².